The third-order valence-corrected chi connectivity index (χ3v) is 4.70. The van der Waals surface area contributed by atoms with E-state index in [-0.39, 0.29) is 6.10 Å². The van der Waals surface area contributed by atoms with Gasteiger partial charge in [-0.15, -0.1) is 0 Å². The Balaban J connectivity index is 1.71. The Morgan fingerprint density at radius 3 is 3.14 bits per heavy atom. The summed E-state index contributed by atoms with van der Waals surface area (Å²) in [7, 11) is 1.67. The Morgan fingerprint density at radius 2 is 2.38 bits per heavy atom. The van der Waals surface area contributed by atoms with Crippen LogP contribution in [0.1, 0.15) is 25.0 Å². The lowest BCUT2D eigenvalue weighted by Crippen LogP contribution is -2.50. The van der Waals surface area contributed by atoms with Crippen LogP contribution in [0.3, 0.4) is 0 Å². The van der Waals surface area contributed by atoms with Gasteiger partial charge in [0.1, 0.15) is 5.75 Å². The Hall–Kier alpha value is -1.17. The number of nitrogens with zero attached hydrogens (tertiary/aromatic N) is 2. The molecule has 5 nitrogen and oxygen atoms in total. The highest BCUT2D eigenvalue weighted by Crippen LogP contribution is 2.32. The SMILES string of the molecule is COc1ccnc(CN2CCOC[C@@H]2[C@@H]2CCC[C@@H]2O)c1. The Labute approximate surface area is 125 Å². The van der Waals surface area contributed by atoms with E-state index in [0.29, 0.717) is 18.6 Å². The van der Waals surface area contributed by atoms with Crippen LogP contribution in [-0.4, -0.2) is 54.0 Å². The molecule has 0 spiro atoms. The van der Waals surface area contributed by atoms with E-state index in [0.717, 1.165) is 50.4 Å². The molecule has 1 aromatic heterocycles. The molecule has 0 unspecified atom stereocenters. The van der Waals surface area contributed by atoms with Gasteiger partial charge in [0, 0.05) is 37.3 Å². The van der Waals surface area contributed by atoms with Crippen LogP contribution in [0.4, 0.5) is 0 Å². The molecule has 2 fully saturated rings. The van der Waals surface area contributed by atoms with Crippen molar-refractivity contribution in [1.29, 1.82) is 0 Å². The normalized spacial score (nSPS) is 30.5. The van der Waals surface area contributed by atoms with Crippen LogP contribution >= 0.6 is 0 Å². The average molecular weight is 292 g/mol. The van der Waals surface area contributed by atoms with Crippen molar-refractivity contribution in [3.63, 3.8) is 0 Å². The summed E-state index contributed by atoms with van der Waals surface area (Å²) in [6.45, 7) is 3.15. The maximum absolute atomic E-state index is 10.2. The molecule has 1 aliphatic heterocycles. The van der Waals surface area contributed by atoms with E-state index in [1.54, 1.807) is 13.3 Å². The van der Waals surface area contributed by atoms with Crippen molar-refractivity contribution >= 4 is 0 Å². The smallest absolute Gasteiger partial charge is 0.122 e. The van der Waals surface area contributed by atoms with Crippen molar-refractivity contribution in [2.75, 3.05) is 26.9 Å². The fourth-order valence-electron chi connectivity index (χ4n) is 3.54. The lowest BCUT2D eigenvalue weighted by atomic mass is 9.94. The molecule has 0 radical (unpaired) electrons. The predicted molar refractivity (Wildman–Crippen MR) is 79.2 cm³/mol. The molecule has 0 aromatic carbocycles. The zero-order valence-corrected chi connectivity index (χ0v) is 12.6. The zero-order chi connectivity index (χ0) is 14.7. The summed E-state index contributed by atoms with van der Waals surface area (Å²) in [6, 6.07) is 4.14. The number of aromatic nitrogens is 1. The fourth-order valence-corrected chi connectivity index (χ4v) is 3.54. The second kappa shape index (κ2) is 6.73. The predicted octanol–water partition coefficient (Wildman–Crippen LogP) is 1.45. The van der Waals surface area contributed by atoms with E-state index in [1.807, 2.05) is 12.1 Å². The minimum atomic E-state index is -0.183. The first-order valence-corrected chi connectivity index (χ1v) is 7.76. The standard InChI is InChI=1S/C16H24N2O3/c1-20-13-5-6-17-12(9-13)10-18-7-8-21-11-15(18)14-3-2-4-16(14)19/h5-6,9,14-16,19H,2-4,7-8,10-11H2,1H3/t14-,15+,16-/m0/s1. The molecule has 116 valence electrons. The van der Waals surface area contributed by atoms with Gasteiger partial charge in [-0.3, -0.25) is 9.88 Å². The summed E-state index contributed by atoms with van der Waals surface area (Å²) < 4.78 is 10.9. The molecule has 0 amide bonds. The van der Waals surface area contributed by atoms with E-state index in [4.69, 9.17) is 9.47 Å². The lowest BCUT2D eigenvalue weighted by molar-refractivity contribution is -0.0540. The summed E-state index contributed by atoms with van der Waals surface area (Å²) in [5.74, 6) is 1.17. The van der Waals surface area contributed by atoms with Crippen LogP contribution in [0.5, 0.6) is 5.75 Å². The van der Waals surface area contributed by atoms with Gasteiger partial charge in [0.15, 0.2) is 0 Å². The monoisotopic (exact) mass is 292 g/mol. The van der Waals surface area contributed by atoms with Gasteiger partial charge in [0.25, 0.3) is 0 Å². The largest absolute Gasteiger partial charge is 0.497 e. The summed E-state index contributed by atoms with van der Waals surface area (Å²) in [5.41, 5.74) is 1.01. The summed E-state index contributed by atoms with van der Waals surface area (Å²) in [6.07, 6.45) is 4.74. The Bertz CT molecular complexity index is 469. The third kappa shape index (κ3) is 3.36. The molecule has 3 rings (SSSR count). The van der Waals surface area contributed by atoms with Crippen molar-refractivity contribution < 1.29 is 14.6 Å². The van der Waals surface area contributed by atoms with Crippen LogP contribution in [-0.2, 0) is 11.3 Å². The topological polar surface area (TPSA) is 54.8 Å². The van der Waals surface area contributed by atoms with Crippen LogP contribution < -0.4 is 4.74 Å². The van der Waals surface area contributed by atoms with E-state index < -0.39 is 0 Å². The molecule has 2 aliphatic rings. The number of pyridine rings is 1. The number of methoxy groups -OCH3 is 1. The molecule has 1 saturated carbocycles. The van der Waals surface area contributed by atoms with Gasteiger partial charge in [-0.2, -0.15) is 0 Å². The van der Waals surface area contributed by atoms with Crippen LogP contribution in [0.2, 0.25) is 0 Å². The molecule has 21 heavy (non-hydrogen) atoms. The minimum absolute atomic E-state index is 0.183. The summed E-state index contributed by atoms with van der Waals surface area (Å²) >= 11 is 0. The van der Waals surface area contributed by atoms with E-state index in [9.17, 15) is 5.11 Å². The van der Waals surface area contributed by atoms with Crippen LogP contribution in [0.25, 0.3) is 0 Å². The highest BCUT2D eigenvalue weighted by Gasteiger charge is 2.37. The summed E-state index contributed by atoms with van der Waals surface area (Å²) in [5, 5.41) is 10.2. The van der Waals surface area contributed by atoms with Crippen LogP contribution in [0.15, 0.2) is 18.3 Å². The quantitative estimate of drug-likeness (QED) is 0.910. The van der Waals surface area contributed by atoms with Gasteiger partial charge in [-0.25, -0.2) is 0 Å². The van der Waals surface area contributed by atoms with Gasteiger partial charge in [0.2, 0.25) is 0 Å². The molecule has 5 heteroatoms. The molecular weight excluding hydrogens is 268 g/mol. The first-order valence-electron chi connectivity index (χ1n) is 7.76. The number of ether oxygens (including phenoxy) is 2. The number of aliphatic hydroxyl groups is 1. The Kier molecular flexibility index (Phi) is 4.73. The number of hydrogen-bond donors (Lipinski definition) is 1. The maximum Gasteiger partial charge on any atom is 0.122 e. The van der Waals surface area contributed by atoms with Gasteiger partial charge in [0.05, 0.1) is 32.1 Å². The molecule has 0 bridgehead atoms. The molecule has 1 aromatic rings. The molecule has 1 saturated heterocycles. The number of morpholine rings is 1. The van der Waals surface area contributed by atoms with E-state index in [1.165, 1.54) is 0 Å². The Morgan fingerprint density at radius 1 is 1.48 bits per heavy atom. The van der Waals surface area contributed by atoms with Crippen molar-refractivity contribution in [1.82, 2.24) is 9.88 Å². The highest BCUT2D eigenvalue weighted by molar-refractivity contribution is 5.22. The van der Waals surface area contributed by atoms with Crippen molar-refractivity contribution in [3.05, 3.63) is 24.0 Å². The van der Waals surface area contributed by atoms with E-state index in [2.05, 4.69) is 9.88 Å². The maximum atomic E-state index is 10.2. The first kappa shape index (κ1) is 14.8. The third-order valence-electron chi connectivity index (χ3n) is 4.70. The van der Waals surface area contributed by atoms with Crippen molar-refractivity contribution in [3.8, 4) is 5.75 Å². The first-order chi connectivity index (χ1) is 10.3. The molecule has 3 atom stereocenters. The van der Waals surface area contributed by atoms with Crippen molar-refractivity contribution in [2.24, 2.45) is 5.92 Å². The highest BCUT2D eigenvalue weighted by atomic mass is 16.5. The lowest BCUT2D eigenvalue weighted by Gasteiger charge is -2.39. The van der Waals surface area contributed by atoms with E-state index >= 15 is 0 Å². The van der Waals surface area contributed by atoms with Gasteiger partial charge < -0.3 is 14.6 Å². The van der Waals surface area contributed by atoms with Crippen LogP contribution in [0, 0.1) is 5.92 Å². The number of hydrogen-bond acceptors (Lipinski definition) is 5. The molecular formula is C16H24N2O3. The average Bonchev–Trinajstić information content (AvgIpc) is 2.94. The van der Waals surface area contributed by atoms with Gasteiger partial charge >= 0.3 is 0 Å². The molecule has 1 N–H and O–H groups in total. The molecule has 2 heterocycles. The second-order valence-corrected chi connectivity index (χ2v) is 5.96. The number of aliphatic hydroxyl groups excluding tert-OH is 1. The van der Waals surface area contributed by atoms with Crippen molar-refractivity contribution in [2.45, 2.75) is 38.0 Å². The number of rotatable bonds is 4. The zero-order valence-electron chi connectivity index (χ0n) is 12.6. The van der Waals surface area contributed by atoms with Gasteiger partial charge in [-0.1, -0.05) is 6.42 Å². The molecule has 1 aliphatic carbocycles. The van der Waals surface area contributed by atoms with Gasteiger partial charge in [-0.05, 0) is 18.9 Å². The minimum Gasteiger partial charge on any atom is -0.497 e. The second-order valence-electron chi connectivity index (χ2n) is 5.96. The summed E-state index contributed by atoms with van der Waals surface area (Å²) in [4.78, 5) is 6.84. The fraction of sp³-hybridized carbons (Fsp3) is 0.688.